The number of anilines is 1. The van der Waals surface area contributed by atoms with Crippen LogP contribution < -0.4 is 10.1 Å². The molecule has 3 aromatic carbocycles. The van der Waals surface area contributed by atoms with Crippen LogP contribution in [-0.2, 0) is 4.79 Å². The minimum Gasteiger partial charge on any atom is -0.483 e. The van der Waals surface area contributed by atoms with Gasteiger partial charge in [-0.25, -0.2) is 0 Å². The number of hydrogen-bond acceptors (Lipinski definition) is 3. The van der Waals surface area contributed by atoms with Gasteiger partial charge >= 0.3 is 0 Å². The Bertz CT molecular complexity index is 1110. The minimum absolute atomic E-state index is 0.111. The monoisotopic (exact) mass is 484 g/mol. The average Bonchev–Trinajstić information content (AvgIpc) is 2.69. The lowest BCUT2D eigenvalue weighted by Crippen LogP contribution is -2.20. The standard InChI is InChI=1S/C24H22BrClN2O2/c1-15-4-8-22(17(3)10-15)27-13-18-6-9-23(20(25)11-18)30-14-24(29)28-19-7-5-16(2)21(26)12-19/h4-13H,14H2,1-3H3,(H,28,29). The summed E-state index contributed by atoms with van der Waals surface area (Å²) in [5.74, 6) is 0.318. The Morgan fingerprint density at radius 1 is 1.07 bits per heavy atom. The predicted octanol–water partition coefficient (Wildman–Crippen LogP) is 6.80. The van der Waals surface area contributed by atoms with Crippen molar-refractivity contribution >= 4 is 51.0 Å². The molecule has 6 heteroatoms. The fraction of sp³-hybridized carbons (Fsp3) is 0.167. The number of hydrogen-bond donors (Lipinski definition) is 1. The molecule has 0 saturated carbocycles. The Labute approximate surface area is 190 Å². The molecule has 1 N–H and O–H groups in total. The molecule has 154 valence electrons. The molecule has 0 fully saturated rings. The van der Waals surface area contributed by atoms with E-state index in [0.717, 1.165) is 26.9 Å². The van der Waals surface area contributed by atoms with Gasteiger partial charge in [-0.3, -0.25) is 9.79 Å². The molecule has 30 heavy (non-hydrogen) atoms. The molecule has 0 atom stereocenters. The lowest BCUT2D eigenvalue weighted by atomic mass is 10.1. The zero-order valence-electron chi connectivity index (χ0n) is 17.0. The van der Waals surface area contributed by atoms with Crippen molar-refractivity contribution in [2.24, 2.45) is 4.99 Å². The second kappa shape index (κ2) is 9.92. The zero-order chi connectivity index (χ0) is 21.7. The zero-order valence-corrected chi connectivity index (χ0v) is 19.3. The van der Waals surface area contributed by atoms with E-state index in [4.69, 9.17) is 16.3 Å². The number of aliphatic imine (C=N–C) groups is 1. The summed E-state index contributed by atoms with van der Waals surface area (Å²) >= 11 is 9.58. The summed E-state index contributed by atoms with van der Waals surface area (Å²) in [7, 11) is 0. The van der Waals surface area contributed by atoms with E-state index in [2.05, 4.69) is 39.2 Å². The predicted molar refractivity (Wildman–Crippen MR) is 128 cm³/mol. The smallest absolute Gasteiger partial charge is 0.262 e. The molecule has 0 aliphatic rings. The van der Waals surface area contributed by atoms with E-state index in [1.807, 2.05) is 50.2 Å². The van der Waals surface area contributed by atoms with Crippen molar-refractivity contribution < 1.29 is 9.53 Å². The summed E-state index contributed by atoms with van der Waals surface area (Å²) in [6.45, 7) is 5.90. The third kappa shape index (κ3) is 5.94. The van der Waals surface area contributed by atoms with E-state index in [-0.39, 0.29) is 12.5 Å². The lowest BCUT2D eigenvalue weighted by Gasteiger charge is -2.10. The van der Waals surface area contributed by atoms with Gasteiger partial charge in [-0.2, -0.15) is 0 Å². The lowest BCUT2D eigenvalue weighted by molar-refractivity contribution is -0.118. The summed E-state index contributed by atoms with van der Waals surface area (Å²) in [4.78, 5) is 16.7. The van der Waals surface area contributed by atoms with Gasteiger partial charge in [0.1, 0.15) is 5.75 Å². The van der Waals surface area contributed by atoms with Crippen LogP contribution in [0.15, 0.2) is 64.1 Å². The van der Waals surface area contributed by atoms with Crippen LogP contribution in [0.1, 0.15) is 22.3 Å². The van der Waals surface area contributed by atoms with Gasteiger partial charge in [-0.05, 0) is 89.8 Å². The summed E-state index contributed by atoms with van der Waals surface area (Å²) < 4.78 is 6.39. The van der Waals surface area contributed by atoms with Gasteiger partial charge in [0.25, 0.3) is 5.91 Å². The second-order valence-corrected chi connectivity index (χ2v) is 8.30. The van der Waals surface area contributed by atoms with Crippen LogP contribution in [0.4, 0.5) is 11.4 Å². The molecule has 0 aromatic heterocycles. The number of carbonyl (C=O) groups excluding carboxylic acids is 1. The average molecular weight is 486 g/mol. The first kappa shape index (κ1) is 22.1. The first-order valence-electron chi connectivity index (χ1n) is 9.41. The number of amides is 1. The van der Waals surface area contributed by atoms with Crippen LogP contribution in [0.5, 0.6) is 5.75 Å². The number of halogens is 2. The van der Waals surface area contributed by atoms with Crippen molar-refractivity contribution in [2.45, 2.75) is 20.8 Å². The van der Waals surface area contributed by atoms with Crippen molar-refractivity contribution in [1.29, 1.82) is 0 Å². The molecular formula is C24H22BrClN2O2. The first-order chi connectivity index (χ1) is 14.3. The van der Waals surface area contributed by atoms with Gasteiger partial charge in [-0.1, -0.05) is 35.4 Å². The Balaban J connectivity index is 1.60. The molecule has 3 rings (SSSR count). The van der Waals surface area contributed by atoms with E-state index >= 15 is 0 Å². The number of benzene rings is 3. The van der Waals surface area contributed by atoms with Crippen LogP contribution >= 0.6 is 27.5 Å². The summed E-state index contributed by atoms with van der Waals surface area (Å²) in [6, 6.07) is 17.1. The highest BCUT2D eigenvalue weighted by Gasteiger charge is 2.08. The van der Waals surface area contributed by atoms with Gasteiger partial charge < -0.3 is 10.1 Å². The number of nitrogens with zero attached hydrogens (tertiary/aromatic N) is 1. The van der Waals surface area contributed by atoms with Crippen LogP contribution in [0, 0.1) is 20.8 Å². The SMILES string of the molecule is Cc1ccc(N=Cc2ccc(OCC(=O)Nc3ccc(C)c(Cl)c3)c(Br)c2)c(C)c1. The fourth-order valence-electron chi connectivity index (χ4n) is 2.82. The molecule has 0 radical (unpaired) electrons. The first-order valence-corrected chi connectivity index (χ1v) is 10.6. The fourth-order valence-corrected chi connectivity index (χ4v) is 3.51. The molecule has 1 amide bonds. The van der Waals surface area contributed by atoms with E-state index < -0.39 is 0 Å². The summed E-state index contributed by atoms with van der Waals surface area (Å²) in [5.41, 5.74) is 5.79. The molecule has 4 nitrogen and oxygen atoms in total. The van der Waals surface area contributed by atoms with E-state index in [1.165, 1.54) is 5.56 Å². The molecule has 0 heterocycles. The van der Waals surface area contributed by atoms with Crippen molar-refractivity contribution in [3.63, 3.8) is 0 Å². The normalized spacial score (nSPS) is 11.0. The largest absolute Gasteiger partial charge is 0.483 e. The Kier molecular flexibility index (Phi) is 7.29. The van der Waals surface area contributed by atoms with Crippen LogP contribution in [0.25, 0.3) is 0 Å². The highest BCUT2D eigenvalue weighted by molar-refractivity contribution is 9.10. The maximum atomic E-state index is 12.2. The highest BCUT2D eigenvalue weighted by Crippen LogP contribution is 2.26. The Morgan fingerprint density at radius 3 is 2.57 bits per heavy atom. The molecule has 0 aliphatic heterocycles. The number of ether oxygens (including phenoxy) is 1. The van der Waals surface area contributed by atoms with Gasteiger partial charge in [0, 0.05) is 16.9 Å². The van der Waals surface area contributed by atoms with E-state index in [0.29, 0.717) is 16.5 Å². The van der Waals surface area contributed by atoms with E-state index in [1.54, 1.807) is 18.3 Å². The van der Waals surface area contributed by atoms with Crippen LogP contribution in [-0.4, -0.2) is 18.7 Å². The quantitative estimate of drug-likeness (QED) is 0.391. The second-order valence-electron chi connectivity index (χ2n) is 7.04. The molecule has 0 unspecified atom stereocenters. The molecule has 3 aromatic rings. The highest BCUT2D eigenvalue weighted by atomic mass is 79.9. The molecule has 0 spiro atoms. The molecule has 0 aliphatic carbocycles. The van der Waals surface area contributed by atoms with E-state index in [9.17, 15) is 4.79 Å². The Hall–Kier alpha value is -2.63. The van der Waals surface area contributed by atoms with Gasteiger partial charge in [0.05, 0.1) is 10.2 Å². The van der Waals surface area contributed by atoms with Crippen molar-refractivity contribution in [2.75, 3.05) is 11.9 Å². The summed E-state index contributed by atoms with van der Waals surface area (Å²) in [5, 5.41) is 3.38. The maximum absolute atomic E-state index is 12.2. The number of aryl methyl sites for hydroxylation is 3. The third-order valence-electron chi connectivity index (χ3n) is 4.48. The van der Waals surface area contributed by atoms with Gasteiger partial charge in [-0.15, -0.1) is 0 Å². The Morgan fingerprint density at radius 2 is 1.87 bits per heavy atom. The minimum atomic E-state index is -0.262. The summed E-state index contributed by atoms with van der Waals surface area (Å²) in [6.07, 6.45) is 1.81. The number of rotatable bonds is 6. The van der Waals surface area contributed by atoms with Crippen molar-refractivity contribution in [1.82, 2.24) is 0 Å². The van der Waals surface area contributed by atoms with Gasteiger partial charge in [0.2, 0.25) is 0 Å². The van der Waals surface area contributed by atoms with Crippen LogP contribution in [0.2, 0.25) is 5.02 Å². The molecule has 0 bridgehead atoms. The molecular weight excluding hydrogens is 464 g/mol. The van der Waals surface area contributed by atoms with Crippen LogP contribution in [0.3, 0.4) is 0 Å². The maximum Gasteiger partial charge on any atom is 0.262 e. The van der Waals surface area contributed by atoms with Crippen molar-refractivity contribution in [3.8, 4) is 5.75 Å². The third-order valence-corrected chi connectivity index (χ3v) is 5.50. The number of nitrogens with one attached hydrogen (secondary N) is 1. The van der Waals surface area contributed by atoms with Gasteiger partial charge in [0.15, 0.2) is 6.61 Å². The van der Waals surface area contributed by atoms with Crippen molar-refractivity contribution in [3.05, 3.63) is 86.3 Å². The number of carbonyl (C=O) groups is 1. The topological polar surface area (TPSA) is 50.7 Å². The molecule has 0 saturated heterocycles.